The van der Waals surface area contributed by atoms with Crippen LogP contribution >= 0.6 is 0 Å². The number of anilines is 1. The Morgan fingerprint density at radius 3 is 2.76 bits per heavy atom. The van der Waals surface area contributed by atoms with Crippen LogP contribution in [0.1, 0.15) is 13.3 Å². The molecule has 0 saturated carbocycles. The molecule has 1 aromatic rings. The largest absolute Gasteiger partial charge is 0.492 e. The number of benzene rings is 1. The van der Waals surface area contributed by atoms with Crippen LogP contribution in [0.15, 0.2) is 24.3 Å². The molecule has 6 nitrogen and oxygen atoms in total. The minimum absolute atomic E-state index is 0.0313. The van der Waals surface area contributed by atoms with Crippen molar-refractivity contribution in [3.8, 4) is 5.75 Å². The summed E-state index contributed by atoms with van der Waals surface area (Å²) in [6.45, 7) is 2.16. The van der Waals surface area contributed by atoms with E-state index in [1.165, 1.54) is 0 Å². The van der Waals surface area contributed by atoms with Gasteiger partial charge in [-0.3, -0.25) is 4.21 Å². The number of sulfonamides is 1. The number of rotatable bonds is 9. The monoisotopic (exact) mass is 334 g/mol. The average Bonchev–Trinajstić information content (AvgIpc) is 2.38. The lowest BCUT2D eigenvalue weighted by Gasteiger charge is -2.11. The Hall–Kier alpha value is -1.12. The van der Waals surface area contributed by atoms with Crippen molar-refractivity contribution in [2.24, 2.45) is 0 Å². The van der Waals surface area contributed by atoms with Crippen molar-refractivity contribution in [2.75, 3.05) is 30.9 Å². The Morgan fingerprint density at radius 1 is 1.43 bits per heavy atom. The standard InChI is InChI=1S/C13H22N2O4S2/c1-11(20(2)16)6-7-15-21(17,18)9-8-19-13-5-3-4-12(14)10-13/h3-5,10-11,15H,6-9,14H2,1-2H3. The van der Waals surface area contributed by atoms with E-state index in [0.29, 0.717) is 17.9 Å². The van der Waals surface area contributed by atoms with Crippen LogP contribution in [0.25, 0.3) is 0 Å². The molecule has 2 atom stereocenters. The van der Waals surface area contributed by atoms with Gasteiger partial charge < -0.3 is 10.5 Å². The third-order valence-corrected chi connectivity index (χ3v) is 5.64. The molecule has 0 saturated heterocycles. The van der Waals surface area contributed by atoms with E-state index in [4.69, 9.17) is 10.5 Å². The molecule has 8 heteroatoms. The van der Waals surface area contributed by atoms with Crippen LogP contribution in [-0.4, -0.2) is 43.0 Å². The third kappa shape index (κ3) is 7.45. The first-order chi connectivity index (χ1) is 9.80. The lowest BCUT2D eigenvalue weighted by atomic mass is 10.3. The molecule has 0 amide bonds. The van der Waals surface area contributed by atoms with Crippen molar-refractivity contribution in [1.29, 1.82) is 0 Å². The molecule has 0 radical (unpaired) electrons. The molecule has 21 heavy (non-hydrogen) atoms. The average molecular weight is 334 g/mol. The molecule has 1 aromatic carbocycles. The molecule has 0 aliphatic rings. The summed E-state index contributed by atoms with van der Waals surface area (Å²) in [4.78, 5) is 0. The molecule has 120 valence electrons. The fourth-order valence-corrected chi connectivity index (χ4v) is 2.86. The van der Waals surface area contributed by atoms with Crippen LogP contribution in [0.3, 0.4) is 0 Å². The smallest absolute Gasteiger partial charge is 0.214 e. The second-order valence-electron chi connectivity index (χ2n) is 4.73. The van der Waals surface area contributed by atoms with Gasteiger partial charge in [0.1, 0.15) is 12.4 Å². The van der Waals surface area contributed by atoms with Gasteiger partial charge in [-0.2, -0.15) is 0 Å². The Kier molecular flexibility index (Phi) is 7.13. The summed E-state index contributed by atoms with van der Waals surface area (Å²) >= 11 is 0. The molecule has 0 spiro atoms. The topological polar surface area (TPSA) is 98.5 Å². The zero-order valence-electron chi connectivity index (χ0n) is 12.2. The fourth-order valence-electron chi connectivity index (χ4n) is 1.53. The van der Waals surface area contributed by atoms with Crippen molar-refractivity contribution in [3.05, 3.63) is 24.3 Å². The van der Waals surface area contributed by atoms with E-state index in [1.54, 1.807) is 30.5 Å². The summed E-state index contributed by atoms with van der Waals surface area (Å²) in [7, 11) is -4.33. The van der Waals surface area contributed by atoms with Gasteiger partial charge in [-0.1, -0.05) is 13.0 Å². The minimum Gasteiger partial charge on any atom is -0.492 e. The predicted octanol–water partition coefficient (Wildman–Crippen LogP) is 0.724. The lowest BCUT2D eigenvalue weighted by Crippen LogP contribution is -2.31. The Bertz CT molecular complexity index is 575. The lowest BCUT2D eigenvalue weighted by molar-refractivity contribution is 0.340. The van der Waals surface area contributed by atoms with Crippen LogP contribution in [0, 0.1) is 0 Å². The first-order valence-electron chi connectivity index (χ1n) is 6.58. The second kappa shape index (κ2) is 8.35. The molecule has 3 N–H and O–H groups in total. The van der Waals surface area contributed by atoms with Crippen LogP contribution < -0.4 is 15.2 Å². The maximum atomic E-state index is 11.7. The van der Waals surface area contributed by atoms with Crippen LogP contribution in [0.5, 0.6) is 5.75 Å². The zero-order valence-corrected chi connectivity index (χ0v) is 13.9. The highest BCUT2D eigenvalue weighted by Crippen LogP contribution is 2.14. The molecule has 0 aliphatic heterocycles. The molecular weight excluding hydrogens is 312 g/mol. The van der Waals surface area contributed by atoms with E-state index >= 15 is 0 Å². The van der Waals surface area contributed by atoms with Gasteiger partial charge in [0.2, 0.25) is 10.0 Å². The molecule has 2 unspecified atom stereocenters. The van der Waals surface area contributed by atoms with Gasteiger partial charge in [0.05, 0.1) is 5.75 Å². The van der Waals surface area contributed by atoms with Crippen molar-refractivity contribution in [3.63, 3.8) is 0 Å². The SMILES string of the molecule is CC(CCNS(=O)(=O)CCOc1cccc(N)c1)S(C)=O. The summed E-state index contributed by atoms with van der Waals surface area (Å²) in [5.41, 5.74) is 6.16. The van der Waals surface area contributed by atoms with Gasteiger partial charge in [-0.15, -0.1) is 0 Å². The molecule has 0 aromatic heterocycles. The molecule has 1 rings (SSSR count). The number of nitrogens with one attached hydrogen (secondary N) is 1. The number of nitrogen functional groups attached to an aromatic ring is 1. The molecule has 0 bridgehead atoms. The first kappa shape index (κ1) is 17.9. The van der Waals surface area contributed by atoms with Crippen LogP contribution in [0.4, 0.5) is 5.69 Å². The number of ether oxygens (including phenoxy) is 1. The summed E-state index contributed by atoms with van der Waals surface area (Å²) in [6.07, 6.45) is 2.15. The van der Waals surface area contributed by atoms with E-state index < -0.39 is 20.8 Å². The number of hydrogen-bond donors (Lipinski definition) is 2. The van der Waals surface area contributed by atoms with Crippen molar-refractivity contribution in [2.45, 2.75) is 18.6 Å². The molecule has 0 aliphatic carbocycles. The highest BCUT2D eigenvalue weighted by Gasteiger charge is 2.12. The predicted molar refractivity (Wildman–Crippen MR) is 86.3 cm³/mol. The van der Waals surface area contributed by atoms with Crippen molar-refractivity contribution in [1.82, 2.24) is 4.72 Å². The van der Waals surface area contributed by atoms with Gasteiger partial charge >= 0.3 is 0 Å². The van der Waals surface area contributed by atoms with E-state index in [-0.39, 0.29) is 24.2 Å². The fraction of sp³-hybridized carbons (Fsp3) is 0.538. The number of nitrogens with two attached hydrogens (primary N) is 1. The summed E-state index contributed by atoms with van der Waals surface area (Å²) < 4.78 is 42.5. The minimum atomic E-state index is -3.39. The Labute approximate surface area is 128 Å². The van der Waals surface area contributed by atoms with E-state index in [2.05, 4.69) is 4.72 Å². The van der Waals surface area contributed by atoms with Gasteiger partial charge in [-0.25, -0.2) is 13.1 Å². The van der Waals surface area contributed by atoms with Gasteiger partial charge in [0.15, 0.2) is 0 Å². The summed E-state index contributed by atoms with van der Waals surface area (Å²) in [6, 6.07) is 6.82. The van der Waals surface area contributed by atoms with Gasteiger partial charge in [-0.05, 0) is 18.6 Å². The Balaban J connectivity index is 2.31. The molecule has 0 fully saturated rings. The van der Waals surface area contributed by atoms with Crippen molar-refractivity contribution >= 4 is 26.5 Å². The van der Waals surface area contributed by atoms with Gasteiger partial charge in [0.25, 0.3) is 0 Å². The normalized spacial score (nSPS) is 14.6. The molecule has 0 heterocycles. The maximum Gasteiger partial charge on any atom is 0.214 e. The van der Waals surface area contributed by atoms with E-state index in [0.717, 1.165) is 0 Å². The first-order valence-corrected chi connectivity index (χ1v) is 9.85. The Morgan fingerprint density at radius 2 is 2.14 bits per heavy atom. The summed E-state index contributed by atoms with van der Waals surface area (Å²) in [5.74, 6) is 0.408. The highest BCUT2D eigenvalue weighted by molar-refractivity contribution is 7.89. The number of hydrogen-bond acceptors (Lipinski definition) is 5. The van der Waals surface area contributed by atoms with Crippen molar-refractivity contribution < 1.29 is 17.4 Å². The quantitative estimate of drug-likeness (QED) is 0.649. The van der Waals surface area contributed by atoms with E-state index in [1.807, 2.05) is 6.92 Å². The highest BCUT2D eigenvalue weighted by atomic mass is 32.2. The zero-order chi connectivity index (χ0) is 15.9. The van der Waals surface area contributed by atoms with Gasteiger partial charge in [0, 0.05) is 40.6 Å². The van der Waals surface area contributed by atoms with Crippen LogP contribution in [-0.2, 0) is 20.8 Å². The van der Waals surface area contributed by atoms with E-state index in [9.17, 15) is 12.6 Å². The molecular formula is C13H22N2O4S2. The summed E-state index contributed by atoms with van der Waals surface area (Å²) in [5, 5.41) is -0.0313. The second-order valence-corrected chi connectivity index (χ2v) is 8.46. The maximum absolute atomic E-state index is 11.7. The third-order valence-electron chi connectivity index (χ3n) is 2.92. The van der Waals surface area contributed by atoms with Crippen LogP contribution in [0.2, 0.25) is 0 Å².